The summed E-state index contributed by atoms with van der Waals surface area (Å²) in [6.45, 7) is 1.79. The molecule has 0 saturated heterocycles. The quantitative estimate of drug-likeness (QED) is 0.571. The van der Waals surface area contributed by atoms with Crippen LogP contribution in [0.4, 0.5) is 5.95 Å². The van der Waals surface area contributed by atoms with Crippen LogP contribution >= 0.6 is 11.6 Å². The van der Waals surface area contributed by atoms with E-state index in [1.165, 1.54) is 0 Å². The average Bonchev–Trinajstić information content (AvgIpc) is 2.84. The van der Waals surface area contributed by atoms with E-state index in [2.05, 4.69) is 15.5 Å². The maximum Gasteiger partial charge on any atom is 0.224 e. The molecule has 0 atom stereocenters. The maximum atomic E-state index is 9.88. The van der Waals surface area contributed by atoms with Crippen molar-refractivity contribution >= 4 is 34.3 Å². The second kappa shape index (κ2) is 5.69. The lowest BCUT2D eigenvalue weighted by molar-refractivity contribution is 0.474. The number of anilines is 1. The Morgan fingerprint density at radius 2 is 2.05 bits per heavy atom. The van der Waals surface area contributed by atoms with Crippen molar-refractivity contribution in [2.24, 2.45) is 12.1 Å². The fourth-order valence-electron chi connectivity index (χ4n) is 2.24. The van der Waals surface area contributed by atoms with Gasteiger partial charge in [-0.25, -0.2) is 10.4 Å². The van der Waals surface area contributed by atoms with Crippen LogP contribution in [0.25, 0.3) is 11.0 Å². The Balaban J connectivity index is 1.92. The SMILES string of the molecule is CC(=NNc1nc2ccccc2n1C)c1cc(Cl)ccc1O. The molecule has 0 amide bonds. The van der Waals surface area contributed by atoms with Gasteiger partial charge in [0.05, 0.1) is 16.7 Å². The normalized spacial score (nSPS) is 11.9. The molecule has 0 fully saturated rings. The minimum Gasteiger partial charge on any atom is -0.507 e. The molecule has 3 rings (SSSR count). The second-order valence-corrected chi connectivity index (χ2v) is 5.39. The number of hydrogen-bond acceptors (Lipinski definition) is 4. The maximum absolute atomic E-state index is 9.88. The van der Waals surface area contributed by atoms with Crippen LogP contribution in [0.5, 0.6) is 5.75 Å². The number of nitrogens with zero attached hydrogens (tertiary/aromatic N) is 3. The van der Waals surface area contributed by atoms with Gasteiger partial charge in [-0.05, 0) is 37.3 Å². The Labute approximate surface area is 132 Å². The van der Waals surface area contributed by atoms with Gasteiger partial charge in [0, 0.05) is 17.6 Å². The van der Waals surface area contributed by atoms with Gasteiger partial charge in [0.2, 0.25) is 5.95 Å². The summed E-state index contributed by atoms with van der Waals surface area (Å²) in [5, 5.41) is 14.7. The van der Waals surface area contributed by atoms with Gasteiger partial charge in [-0.1, -0.05) is 23.7 Å². The number of imidazole rings is 1. The zero-order chi connectivity index (χ0) is 15.7. The Kier molecular flexibility index (Phi) is 3.73. The van der Waals surface area contributed by atoms with Gasteiger partial charge in [0.15, 0.2) is 0 Å². The largest absolute Gasteiger partial charge is 0.507 e. The number of benzene rings is 2. The molecule has 3 aromatic rings. The Bertz CT molecular complexity index is 870. The molecular weight excluding hydrogens is 300 g/mol. The molecule has 112 valence electrons. The van der Waals surface area contributed by atoms with E-state index in [0.29, 0.717) is 22.2 Å². The number of aryl methyl sites for hydroxylation is 1. The zero-order valence-corrected chi connectivity index (χ0v) is 13.0. The summed E-state index contributed by atoms with van der Waals surface area (Å²) in [6, 6.07) is 12.7. The van der Waals surface area contributed by atoms with Gasteiger partial charge >= 0.3 is 0 Å². The zero-order valence-electron chi connectivity index (χ0n) is 12.2. The first-order valence-corrected chi connectivity index (χ1v) is 7.14. The summed E-state index contributed by atoms with van der Waals surface area (Å²) in [5.41, 5.74) is 6.04. The lowest BCUT2D eigenvalue weighted by Gasteiger charge is -2.06. The third-order valence-corrected chi connectivity index (χ3v) is 3.69. The highest BCUT2D eigenvalue weighted by Gasteiger charge is 2.08. The molecule has 0 bridgehead atoms. The first-order valence-electron chi connectivity index (χ1n) is 6.77. The summed E-state index contributed by atoms with van der Waals surface area (Å²) < 4.78 is 1.92. The van der Waals surface area contributed by atoms with Crippen LogP contribution in [0.2, 0.25) is 5.02 Å². The van der Waals surface area contributed by atoms with Crippen molar-refractivity contribution < 1.29 is 5.11 Å². The highest BCUT2D eigenvalue weighted by atomic mass is 35.5. The predicted octanol–water partition coefficient (Wildman–Crippen LogP) is 3.77. The number of phenols is 1. The number of rotatable bonds is 3. The minimum absolute atomic E-state index is 0.137. The van der Waals surface area contributed by atoms with E-state index in [9.17, 15) is 5.11 Å². The van der Waals surface area contributed by atoms with Crippen molar-refractivity contribution in [3.8, 4) is 5.75 Å². The van der Waals surface area contributed by atoms with E-state index in [4.69, 9.17) is 11.6 Å². The van der Waals surface area contributed by atoms with Crippen LogP contribution in [0.1, 0.15) is 12.5 Å². The first kappa shape index (κ1) is 14.4. The fraction of sp³-hybridized carbons (Fsp3) is 0.125. The lowest BCUT2D eigenvalue weighted by atomic mass is 10.1. The standard InChI is InChI=1S/C16H15ClN4O/c1-10(12-9-11(17)7-8-15(12)22)19-20-16-18-13-5-3-4-6-14(13)21(16)2/h3-9,22H,1-2H3,(H,18,20). The van der Waals surface area contributed by atoms with Gasteiger partial charge in [-0.15, -0.1) is 0 Å². The van der Waals surface area contributed by atoms with Crippen molar-refractivity contribution in [1.82, 2.24) is 9.55 Å². The van der Waals surface area contributed by atoms with Gasteiger partial charge in [0.1, 0.15) is 5.75 Å². The Morgan fingerprint density at radius 3 is 2.82 bits per heavy atom. The molecule has 0 aliphatic heterocycles. The number of fused-ring (bicyclic) bond motifs is 1. The number of hydrazone groups is 1. The highest BCUT2D eigenvalue weighted by molar-refractivity contribution is 6.31. The molecule has 2 aromatic carbocycles. The summed E-state index contributed by atoms with van der Waals surface area (Å²) in [5.74, 6) is 0.763. The molecule has 1 aromatic heterocycles. The van der Waals surface area contributed by atoms with Crippen molar-refractivity contribution in [2.75, 3.05) is 5.43 Å². The molecule has 0 radical (unpaired) electrons. The van der Waals surface area contributed by atoms with Crippen molar-refractivity contribution in [3.05, 3.63) is 53.1 Å². The van der Waals surface area contributed by atoms with E-state index < -0.39 is 0 Å². The summed E-state index contributed by atoms with van der Waals surface area (Å²) in [6.07, 6.45) is 0. The first-order chi connectivity index (χ1) is 10.6. The van der Waals surface area contributed by atoms with Gasteiger partial charge in [-0.2, -0.15) is 5.10 Å². The molecule has 5 nitrogen and oxygen atoms in total. The predicted molar refractivity (Wildman–Crippen MR) is 89.7 cm³/mol. The van der Waals surface area contributed by atoms with Crippen LogP contribution in [0, 0.1) is 0 Å². The van der Waals surface area contributed by atoms with Crippen molar-refractivity contribution in [2.45, 2.75) is 6.92 Å². The van der Waals surface area contributed by atoms with E-state index in [0.717, 1.165) is 11.0 Å². The number of halogens is 1. The topological polar surface area (TPSA) is 62.4 Å². The molecule has 0 saturated carbocycles. The van der Waals surface area contributed by atoms with E-state index in [-0.39, 0.29) is 5.75 Å². The molecule has 0 unspecified atom stereocenters. The number of aromatic hydroxyl groups is 1. The summed E-state index contributed by atoms with van der Waals surface area (Å²) in [7, 11) is 1.92. The second-order valence-electron chi connectivity index (χ2n) is 4.95. The number of para-hydroxylation sites is 2. The summed E-state index contributed by atoms with van der Waals surface area (Å²) >= 11 is 5.95. The van der Waals surface area contributed by atoms with E-state index >= 15 is 0 Å². The van der Waals surface area contributed by atoms with Crippen LogP contribution in [0.15, 0.2) is 47.6 Å². The highest BCUT2D eigenvalue weighted by Crippen LogP contribution is 2.23. The summed E-state index contributed by atoms with van der Waals surface area (Å²) in [4.78, 5) is 4.47. The molecular formula is C16H15ClN4O. The molecule has 1 heterocycles. The third kappa shape index (κ3) is 2.63. The molecule has 22 heavy (non-hydrogen) atoms. The molecule has 0 aliphatic rings. The number of phenolic OH excluding ortho intramolecular Hbond substituents is 1. The number of aromatic nitrogens is 2. The van der Waals surface area contributed by atoms with Gasteiger partial charge in [0.25, 0.3) is 0 Å². The smallest absolute Gasteiger partial charge is 0.224 e. The lowest BCUT2D eigenvalue weighted by Crippen LogP contribution is -2.03. The van der Waals surface area contributed by atoms with E-state index in [1.54, 1.807) is 25.1 Å². The van der Waals surface area contributed by atoms with Crippen LogP contribution in [-0.4, -0.2) is 20.4 Å². The fourth-order valence-corrected chi connectivity index (χ4v) is 2.41. The van der Waals surface area contributed by atoms with Crippen molar-refractivity contribution in [1.29, 1.82) is 0 Å². The Hall–Kier alpha value is -2.53. The third-order valence-electron chi connectivity index (χ3n) is 3.46. The van der Waals surface area contributed by atoms with Crippen LogP contribution < -0.4 is 5.43 Å². The number of nitrogens with one attached hydrogen (secondary N) is 1. The van der Waals surface area contributed by atoms with Crippen LogP contribution in [-0.2, 0) is 7.05 Å². The molecule has 0 spiro atoms. The van der Waals surface area contributed by atoms with Gasteiger partial charge < -0.3 is 9.67 Å². The van der Waals surface area contributed by atoms with E-state index in [1.807, 2.05) is 35.9 Å². The van der Waals surface area contributed by atoms with Crippen molar-refractivity contribution in [3.63, 3.8) is 0 Å². The average molecular weight is 315 g/mol. The molecule has 0 aliphatic carbocycles. The Morgan fingerprint density at radius 1 is 1.27 bits per heavy atom. The van der Waals surface area contributed by atoms with Crippen LogP contribution in [0.3, 0.4) is 0 Å². The minimum atomic E-state index is 0.137. The monoisotopic (exact) mass is 314 g/mol. The van der Waals surface area contributed by atoms with Gasteiger partial charge in [-0.3, -0.25) is 0 Å². The molecule has 2 N–H and O–H groups in total. The number of hydrogen-bond donors (Lipinski definition) is 2. The molecule has 6 heteroatoms.